The van der Waals surface area contributed by atoms with Gasteiger partial charge in [-0.3, -0.25) is 4.90 Å². The summed E-state index contributed by atoms with van der Waals surface area (Å²) in [4.78, 5) is 13.4. The Morgan fingerprint density at radius 2 is 2.28 bits per heavy atom. The van der Waals surface area contributed by atoms with Crippen molar-refractivity contribution in [2.24, 2.45) is 0 Å². The number of hydrogen-bond acceptors (Lipinski definition) is 3. The first kappa shape index (κ1) is 12.9. The summed E-state index contributed by atoms with van der Waals surface area (Å²) in [6, 6.07) is 8.49. The molecule has 2 rings (SSSR count). The van der Waals surface area contributed by atoms with Crippen molar-refractivity contribution in [2.45, 2.75) is 32.9 Å². The molecule has 0 bridgehead atoms. The van der Waals surface area contributed by atoms with Gasteiger partial charge in [0, 0.05) is 24.8 Å². The average Bonchev–Trinajstić information content (AvgIpc) is 2.37. The van der Waals surface area contributed by atoms with Crippen LogP contribution in [-0.2, 0) is 11.3 Å². The van der Waals surface area contributed by atoms with E-state index in [1.54, 1.807) is 4.90 Å². The third-order valence-electron chi connectivity index (χ3n) is 2.91. The van der Waals surface area contributed by atoms with Gasteiger partial charge in [0.15, 0.2) is 0 Å². The Morgan fingerprint density at radius 3 is 3.00 bits per heavy atom. The highest BCUT2D eigenvalue weighted by molar-refractivity contribution is 5.88. The molecule has 0 aliphatic carbocycles. The fourth-order valence-corrected chi connectivity index (χ4v) is 1.94. The second-order valence-corrected chi connectivity index (χ2v) is 4.83. The smallest absolute Gasteiger partial charge is 0.414 e. The highest BCUT2D eigenvalue weighted by Crippen LogP contribution is 2.20. The number of rotatable bonds is 4. The van der Waals surface area contributed by atoms with Gasteiger partial charge in [0.25, 0.3) is 0 Å². The third kappa shape index (κ3) is 3.23. The molecular weight excluding hydrogens is 228 g/mol. The normalized spacial score (nSPS) is 15.9. The van der Waals surface area contributed by atoms with Gasteiger partial charge in [-0.25, -0.2) is 4.79 Å². The van der Waals surface area contributed by atoms with E-state index in [1.807, 2.05) is 18.2 Å². The van der Waals surface area contributed by atoms with Gasteiger partial charge in [-0.05, 0) is 24.1 Å². The zero-order valence-electron chi connectivity index (χ0n) is 11.0. The zero-order valence-corrected chi connectivity index (χ0v) is 11.0. The van der Waals surface area contributed by atoms with E-state index >= 15 is 0 Å². The van der Waals surface area contributed by atoms with Crippen LogP contribution in [0.4, 0.5) is 10.5 Å². The fraction of sp³-hybridized carbons (Fsp3) is 0.500. The quantitative estimate of drug-likeness (QED) is 0.890. The number of benzene rings is 1. The van der Waals surface area contributed by atoms with Crippen molar-refractivity contribution in [1.29, 1.82) is 0 Å². The number of cyclic esters (lactones) is 1. The molecule has 0 unspecified atom stereocenters. The van der Waals surface area contributed by atoms with Crippen molar-refractivity contribution >= 4 is 11.8 Å². The van der Waals surface area contributed by atoms with Gasteiger partial charge in [0.1, 0.15) is 0 Å². The molecule has 1 amide bonds. The number of hydrogen-bond donors (Lipinski definition) is 1. The molecule has 0 spiro atoms. The van der Waals surface area contributed by atoms with E-state index < -0.39 is 0 Å². The first-order valence-electron chi connectivity index (χ1n) is 6.43. The van der Waals surface area contributed by atoms with Crippen molar-refractivity contribution in [1.82, 2.24) is 5.32 Å². The van der Waals surface area contributed by atoms with E-state index in [4.69, 9.17) is 4.74 Å². The number of amides is 1. The Hall–Kier alpha value is -1.55. The van der Waals surface area contributed by atoms with Crippen molar-refractivity contribution in [3.63, 3.8) is 0 Å². The topological polar surface area (TPSA) is 41.6 Å². The van der Waals surface area contributed by atoms with Gasteiger partial charge in [0.05, 0.1) is 6.61 Å². The van der Waals surface area contributed by atoms with Crippen LogP contribution in [-0.4, -0.2) is 25.3 Å². The first-order chi connectivity index (χ1) is 8.66. The van der Waals surface area contributed by atoms with Crippen LogP contribution in [0.1, 0.15) is 25.8 Å². The Morgan fingerprint density at radius 1 is 1.44 bits per heavy atom. The Bertz CT molecular complexity index is 418. The van der Waals surface area contributed by atoms with Crippen LogP contribution in [0.5, 0.6) is 0 Å². The highest BCUT2D eigenvalue weighted by atomic mass is 16.6. The predicted octanol–water partition coefficient (Wildman–Crippen LogP) is 2.53. The molecule has 1 fully saturated rings. The van der Waals surface area contributed by atoms with Crippen LogP contribution >= 0.6 is 0 Å². The molecule has 18 heavy (non-hydrogen) atoms. The Labute approximate surface area is 108 Å². The zero-order chi connectivity index (χ0) is 13.0. The van der Waals surface area contributed by atoms with Crippen LogP contribution in [0.25, 0.3) is 0 Å². The summed E-state index contributed by atoms with van der Waals surface area (Å²) in [5.74, 6) is 0. The van der Waals surface area contributed by atoms with Gasteiger partial charge in [-0.2, -0.15) is 0 Å². The van der Waals surface area contributed by atoms with Gasteiger partial charge >= 0.3 is 6.09 Å². The lowest BCUT2D eigenvalue weighted by molar-refractivity contribution is 0.140. The molecule has 1 saturated heterocycles. The van der Waals surface area contributed by atoms with Gasteiger partial charge in [0.2, 0.25) is 0 Å². The number of nitrogens with one attached hydrogen (secondary N) is 1. The monoisotopic (exact) mass is 248 g/mol. The SMILES string of the molecule is CC(C)NCc1cccc(N2CCCOC2=O)c1. The van der Waals surface area contributed by atoms with Crippen molar-refractivity contribution < 1.29 is 9.53 Å². The lowest BCUT2D eigenvalue weighted by Gasteiger charge is -2.26. The molecule has 0 atom stereocenters. The minimum atomic E-state index is -0.241. The van der Waals surface area contributed by atoms with Gasteiger partial charge < -0.3 is 10.1 Å². The van der Waals surface area contributed by atoms with E-state index in [0.717, 1.165) is 25.2 Å². The largest absolute Gasteiger partial charge is 0.449 e. The summed E-state index contributed by atoms with van der Waals surface area (Å²) in [5, 5.41) is 3.37. The molecule has 98 valence electrons. The van der Waals surface area contributed by atoms with Crippen LogP contribution in [0.3, 0.4) is 0 Å². The number of nitrogens with zero attached hydrogens (tertiary/aromatic N) is 1. The first-order valence-corrected chi connectivity index (χ1v) is 6.43. The van der Waals surface area contributed by atoms with E-state index in [0.29, 0.717) is 12.6 Å². The lowest BCUT2D eigenvalue weighted by atomic mass is 10.1. The summed E-state index contributed by atoms with van der Waals surface area (Å²) in [6.07, 6.45) is 0.649. The molecule has 0 aromatic heterocycles. The van der Waals surface area contributed by atoms with E-state index in [9.17, 15) is 4.79 Å². The van der Waals surface area contributed by atoms with Crippen LogP contribution in [0, 0.1) is 0 Å². The molecule has 0 radical (unpaired) electrons. The second kappa shape index (κ2) is 5.87. The summed E-state index contributed by atoms with van der Waals surface area (Å²) in [7, 11) is 0. The second-order valence-electron chi connectivity index (χ2n) is 4.83. The molecule has 1 aromatic rings. The van der Waals surface area contributed by atoms with Crippen molar-refractivity contribution in [3.8, 4) is 0 Å². The van der Waals surface area contributed by atoms with E-state index in [1.165, 1.54) is 5.56 Å². The molecule has 1 heterocycles. The standard InChI is InChI=1S/C14H20N2O2/c1-11(2)15-10-12-5-3-6-13(9-12)16-7-4-8-18-14(16)17/h3,5-6,9,11,15H,4,7-8,10H2,1-2H3. The van der Waals surface area contributed by atoms with Crippen LogP contribution in [0.15, 0.2) is 24.3 Å². The molecule has 1 aliphatic heterocycles. The number of ether oxygens (including phenoxy) is 1. The van der Waals surface area contributed by atoms with Crippen LogP contribution < -0.4 is 10.2 Å². The minimum Gasteiger partial charge on any atom is -0.449 e. The molecule has 1 N–H and O–H groups in total. The van der Waals surface area contributed by atoms with Gasteiger partial charge in [-0.15, -0.1) is 0 Å². The summed E-state index contributed by atoms with van der Waals surface area (Å²) < 4.78 is 5.05. The highest BCUT2D eigenvalue weighted by Gasteiger charge is 2.21. The number of anilines is 1. The van der Waals surface area contributed by atoms with Gasteiger partial charge in [-0.1, -0.05) is 26.0 Å². The Balaban J connectivity index is 2.08. The minimum absolute atomic E-state index is 0.241. The maximum absolute atomic E-state index is 11.7. The average molecular weight is 248 g/mol. The molecule has 0 saturated carbocycles. The Kier molecular flexibility index (Phi) is 4.20. The molecule has 1 aromatic carbocycles. The van der Waals surface area contributed by atoms with E-state index in [-0.39, 0.29) is 6.09 Å². The molecule has 4 nitrogen and oxygen atoms in total. The molecule has 1 aliphatic rings. The molecular formula is C14H20N2O2. The fourth-order valence-electron chi connectivity index (χ4n) is 1.94. The van der Waals surface area contributed by atoms with Crippen molar-refractivity contribution in [2.75, 3.05) is 18.1 Å². The predicted molar refractivity (Wildman–Crippen MR) is 71.7 cm³/mol. The van der Waals surface area contributed by atoms with Crippen LogP contribution in [0.2, 0.25) is 0 Å². The molecule has 4 heteroatoms. The maximum atomic E-state index is 11.7. The maximum Gasteiger partial charge on any atom is 0.414 e. The lowest BCUT2D eigenvalue weighted by Crippen LogP contribution is -2.37. The van der Waals surface area contributed by atoms with E-state index in [2.05, 4.69) is 25.2 Å². The van der Waals surface area contributed by atoms with Crippen molar-refractivity contribution in [3.05, 3.63) is 29.8 Å². The number of carbonyl (C=O) groups is 1. The number of carbonyl (C=O) groups excluding carboxylic acids is 1. The third-order valence-corrected chi connectivity index (χ3v) is 2.91. The summed E-state index contributed by atoms with van der Waals surface area (Å²) >= 11 is 0. The summed E-state index contributed by atoms with van der Waals surface area (Å²) in [5.41, 5.74) is 2.10. The summed E-state index contributed by atoms with van der Waals surface area (Å²) in [6.45, 7) is 6.32.